The Balaban J connectivity index is 1.73. The van der Waals surface area contributed by atoms with Crippen LogP contribution in [0.15, 0.2) is 36.4 Å². The van der Waals surface area contributed by atoms with Crippen LogP contribution in [0.2, 0.25) is 0 Å². The maximum absolute atomic E-state index is 12.7. The Bertz CT molecular complexity index is 863. The summed E-state index contributed by atoms with van der Waals surface area (Å²) in [6.07, 6.45) is 4.37. The largest absolute Gasteiger partial charge is 0.481 e. The molecule has 27 heavy (non-hydrogen) atoms. The van der Waals surface area contributed by atoms with E-state index >= 15 is 0 Å². The molecule has 0 spiro atoms. The minimum atomic E-state index is -0.662. The Hall–Kier alpha value is -2.89. The molecular weight excluding hydrogens is 344 g/mol. The van der Waals surface area contributed by atoms with Crippen LogP contribution in [0.1, 0.15) is 42.9 Å². The van der Waals surface area contributed by atoms with Crippen LogP contribution in [-0.2, 0) is 17.6 Å². The Morgan fingerprint density at radius 3 is 2.67 bits per heavy atom. The van der Waals surface area contributed by atoms with Gasteiger partial charge in [0, 0.05) is 6.07 Å². The summed E-state index contributed by atoms with van der Waals surface area (Å²) >= 11 is 0. The van der Waals surface area contributed by atoms with Crippen LogP contribution in [0.4, 0.5) is 11.4 Å². The van der Waals surface area contributed by atoms with Gasteiger partial charge in [0.25, 0.3) is 11.6 Å². The number of benzene rings is 2. The number of anilines is 1. The van der Waals surface area contributed by atoms with E-state index in [2.05, 4.69) is 11.4 Å². The number of amides is 1. The van der Waals surface area contributed by atoms with Gasteiger partial charge in [0.15, 0.2) is 6.10 Å². The molecule has 2 aromatic rings. The highest BCUT2D eigenvalue weighted by molar-refractivity contribution is 5.95. The van der Waals surface area contributed by atoms with Crippen LogP contribution in [-0.4, -0.2) is 16.9 Å². The van der Waals surface area contributed by atoms with Crippen molar-refractivity contribution in [3.63, 3.8) is 0 Å². The van der Waals surface area contributed by atoms with Crippen molar-refractivity contribution in [1.29, 1.82) is 0 Å². The average Bonchev–Trinajstić information content (AvgIpc) is 2.67. The molecule has 6 heteroatoms. The molecule has 1 N–H and O–H groups in total. The van der Waals surface area contributed by atoms with Gasteiger partial charge in [-0.05, 0) is 68.4 Å². The summed E-state index contributed by atoms with van der Waals surface area (Å²) in [7, 11) is 0. The number of nitro groups is 1. The van der Waals surface area contributed by atoms with Crippen molar-refractivity contribution in [3.05, 3.63) is 63.2 Å². The summed E-state index contributed by atoms with van der Waals surface area (Å²) in [6.45, 7) is 3.50. The van der Waals surface area contributed by atoms with Crippen LogP contribution < -0.4 is 10.1 Å². The minimum Gasteiger partial charge on any atom is -0.481 e. The van der Waals surface area contributed by atoms with Gasteiger partial charge in [-0.15, -0.1) is 0 Å². The van der Waals surface area contributed by atoms with Crippen LogP contribution in [0.3, 0.4) is 0 Å². The van der Waals surface area contributed by atoms with E-state index in [1.54, 1.807) is 19.1 Å². The fourth-order valence-electron chi connectivity index (χ4n) is 3.44. The first-order valence-electron chi connectivity index (χ1n) is 9.33. The second-order valence-corrected chi connectivity index (χ2v) is 6.85. The third-order valence-corrected chi connectivity index (χ3v) is 5.02. The van der Waals surface area contributed by atoms with Gasteiger partial charge in [-0.1, -0.05) is 19.1 Å². The monoisotopic (exact) mass is 368 g/mol. The van der Waals surface area contributed by atoms with Gasteiger partial charge in [0.05, 0.1) is 16.2 Å². The number of fused-ring (bicyclic) bond motifs is 1. The zero-order valence-electron chi connectivity index (χ0n) is 15.7. The lowest BCUT2D eigenvalue weighted by atomic mass is 9.92. The topological polar surface area (TPSA) is 81.5 Å². The summed E-state index contributed by atoms with van der Waals surface area (Å²) in [5.74, 6) is 0.382. The van der Waals surface area contributed by atoms with E-state index in [0.717, 1.165) is 12.8 Å². The number of nitrogens with one attached hydrogen (secondary N) is 1. The van der Waals surface area contributed by atoms with Crippen LogP contribution in [0.25, 0.3) is 0 Å². The van der Waals surface area contributed by atoms with Crippen LogP contribution >= 0.6 is 0 Å². The van der Waals surface area contributed by atoms with E-state index in [0.29, 0.717) is 23.4 Å². The highest BCUT2D eigenvalue weighted by Gasteiger charge is 2.22. The molecule has 1 aliphatic rings. The van der Waals surface area contributed by atoms with Crippen molar-refractivity contribution in [2.75, 3.05) is 5.32 Å². The number of carbonyl (C=O) groups excluding carboxylic acids is 1. The molecule has 0 saturated heterocycles. The Kier molecular flexibility index (Phi) is 5.74. The lowest BCUT2D eigenvalue weighted by molar-refractivity contribution is -0.385. The molecule has 0 heterocycles. The molecule has 0 aliphatic heterocycles. The van der Waals surface area contributed by atoms with Gasteiger partial charge in [-0.2, -0.15) is 0 Å². The lowest BCUT2D eigenvalue weighted by Gasteiger charge is -2.20. The number of carbonyl (C=O) groups is 1. The Labute approximate surface area is 158 Å². The molecule has 1 aliphatic carbocycles. The molecule has 142 valence electrons. The molecule has 0 fully saturated rings. The third-order valence-electron chi connectivity index (χ3n) is 5.02. The Morgan fingerprint density at radius 2 is 1.96 bits per heavy atom. The van der Waals surface area contributed by atoms with E-state index in [1.165, 1.54) is 30.0 Å². The summed E-state index contributed by atoms with van der Waals surface area (Å²) in [6, 6.07) is 10.7. The molecule has 0 unspecified atom stereocenters. The normalized spacial score (nSPS) is 14.1. The fraction of sp³-hybridized carbons (Fsp3) is 0.381. The number of rotatable bonds is 6. The molecular formula is C21H24N2O4. The molecule has 0 saturated carbocycles. The number of ether oxygens (including phenoxy) is 1. The van der Waals surface area contributed by atoms with Crippen molar-refractivity contribution < 1.29 is 14.5 Å². The lowest BCUT2D eigenvalue weighted by Crippen LogP contribution is -2.32. The summed E-state index contributed by atoms with van der Waals surface area (Å²) in [5.41, 5.74) is 3.50. The Morgan fingerprint density at radius 1 is 1.22 bits per heavy atom. The van der Waals surface area contributed by atoms with Gasteiger partial charge in [-0.25, -0.2) is 0 Å². The maximum Gasteiger partial charge on any atom is 0.274 e. The third kappa shape index (κ3) is 4.27. The van der Waals surface area contributed by atoms with Crippen molar-refractivity contribution in [3.8, 4) is 5.75 Å². The van der Waals surface area contributed by atoms with Gasteiger partial charge in [-0.3, -0.25) is 14.9 Å². The van der Waals surface area contributed by atoms with Crippen LogP contribution in [0, 0.1) is 17.0 Å². The minimum absolute atomic E-state index is 0.0172. The molecule has 6 nitrogen and oxygen atoms in total. The van der Waals surface area contributed by atoms with Crippen molar-refractivity contribution in [2.24, 2.45) is 0 Å². The predicted octanol–water partition coefficient (Wildman–Crippen LogP) is 4.58. The first-order chi connectivity index (χ1) is 13.0. The molecule has 0 bridgehead atoms. The summed E-state index contributed by atoms with van der Waals surface area (Å²) < 4.78 is 5.94. The smallest absolute Gasteiger partial charge is 0.274 e. The average molecular weight is 368 g/mol. The molecule has 3 rings (SSSR count). The van der Waals surface area contributed by atoms with Gasteiger partial charge in [0.2, 0.25) is 0 Å². The number of hydrogen-bond acceptors (Lipinski definition) is 4. The zero-order chi connectivity index (χ0) is 19.4. The van der Waals surface area contributed by atoms with Crippen LogP contribution in [0.5, 0.6) is 5.75 Å². The molecule has 0 aromatic heterocycles. The SMILES string of the molecule is CC[C@H](Oc1ccc2c(c1)CCCC2)C(=O)Nc1cccc([N+](=O)[O-])c1C. The standard InChI is InChI=1S/C21H24N2O4/c1-3-20(27-17-12-11-15-7-4-5-8-16(15)13-17)21(24)22-18-9-6-10-19(14(18)2)23(25)26/h6,9-13,20H,3-5,7-8H2,1-2H3,(H,22,24)/t20-/m0/s1. The summed E-state index contributed by atoms with van der Waals surface area (Å²) in [5, 5.41) is 13.8. The summed E-state index contributed by atoms with van der Waals surface area (Å²) in [4.78, 5) is 23.3. The second kappa shape index (κ2) is 8.20. The van der Waals surface area contributed by atoms with Crippen molar-refractivity contribution in [2.45, 2.75) is 52.1 Å². The number of aryl methyl sites for hydroxylation is 2. The zero-order valence-corrected chi connectivity index (χ0v) is 15.7. The first-order valence-corrected chi connectivity index (χ1v) is 9.33. The van der Waals surface area contributed by atoms with E-state index in [1.807, 2.05) is 19.1 Å². The molecule has 0 radical (unpaired) electrons. The molecule has 1 amide bonds. The van der Waals surface area contributed by atoms with Gasteiger partial charge >= 0.3 is 0 Å². The molecule has 2 aromatic carbocycles. The highest BCUT2D eigenvalue weighted by atomic mass is 16.6. The van der Waals surface area contributed by atoms with E-state index < -0.39 is 11.0 Å². The molecule has 1 atom stereocenters. The van der Waals surface area contributed by atoms with E-state index in [9.17, 15) is 14.9 Å². The second-order valence-electron chi connectivity index (χ2n) is 6.85. The predicted molar refractivity (Wildman–Crippen MR) is 104 cm³/mol. The van der Waals surface area contributed by atoms with Crippen molar-refractivity contribution >= 4 is 17.3 Å². The number of hydrogen-bond donors (Lipinski definition) is 1. The fourth-order valence-corrected chi connectivity index (χ4v) is 3.44. The van der Waals surface area contributed by atoms with Gasteiger partial charge < -0.3 is 10.1 Å². The first kappa shape index (κ1) is 18.9. The quantitative estimate of drug-likeness (QED) is 0.598. The number of nitro benzene ring substituents is 1. The van der Waals surface area contributed by atoms with E-state index in [4.69, 9.17) is 4.74 Å². The van der Waals surface area contributed by atoms with Crippen molar-refractivity contribution in [1.82, 2.24) is 0 Å². The van der Waals surface area contributed by atoms with Gasteiger partial charge in [0.1, 0.15) is 5.75 Å². The number of nitrogens with zero attached hydrogens (tertiary/aromatic N) is 1. The van der Waals surface area contributed by atoms with E-state index in [-0.39, 0.29) is 11.6 Å². The highest BCUT2D eigenvalue weighted by Crippen LogP contribution is 2.27. The maximum atomic E-state index is 12.7.